The van der Waals surface area contributed by atoms with Crippen molar-refractivity contribution in [1.29, 1.82) is 0 Å². The Balaban J connectivity index is 1.11. The van der Waals surface area contributed by atoms with E-state index in [1.165, 1.54) is 32.5 Å². The Bertz CT molecular complexity index is 3240. The zero-order valence-electron chi connectivity index (χ0n) is 28.4. The second-order valence-electron chi connectivity index (χ2n) is 13.5. The molecule has 0 unspecified atom stereocenters. The van der Waals surface area contributed by atoms with E-state index < -0.39 is 0 Å². The molecule has 11 rings (SSSR count). The smallest absolute Gasteiger partial charge is 0.164 e. The van der Waals surface area contributed by atoms with E-state index in [2.05, 4.69) is 132 Å². The highest BCUT2D eigenvalue weighted by Gasteiger charge is 2.19. The summed E-state index contributed by atoms with van der Waals surface area (Å²) in [7, 11) is 0. The third-order valence-electron chi connectivity index (χ3n) is 10.4. The molecule has 3 heterocycles. The van der Waals surface area contributed by atoms with Crippen LogP contribution < -0.4 is 0 Å². The highest BCUT2D eigenvalue weighted by molar-refractivity contribution is 6.22. The minimum atomic E-state index is 0.597. The molecule has 0 bridgehead atoms. The standard InChI is InChI=1S/C48H28N4O/c1-2-10-33-26-35(21-16-29(33)8-1)47-50-46(51-48(52-47)39-13-7-15-43-45(39)38-12-5-6-14-42(38)53-43)32-19-17-31(18-20-32)40-27-34-24-25-49-28-41(34)37-23-22-30-9-3-4-11-36(30)44(37)40/h1-28H. The van der Waals surface area contributed by atoms with E-state index in [-0.39, 0.29) is 0 Å². The van der Waals surface area contributed by atoms with Crippen LogP contribution in [-0.2, 0) is 0 Å². The number of fused-ring (bicyclic) bond motifs is 9. The largest absolute Gasteiger partial charge is 0.456 e. The van der Waals surface area contributed by atoms with Gasteiger partial charge in [0.1, 0.15) is 11.2 Å². The first-order valence-electron chi connectivity index (χ1n) is 17.7. The van der Waals surface area contributed by atoms with Crippen LogP contribution in [0.25, 0.3) is 110 Å². The van der Waals surface area contributed by atoms with Crippen LogP contribution in [0.15, 0.2) is 175 Å². The maximum Gasteiger partial charge on any atom is 0.164 e. The van der Waals surface area contributed by atoms with Crippen LogP contribution in [0.3, 0.4) is 0 Å². The predicted molar refractivity (Wildman–Crippen MR) is 217 cm³/mol. The molecule has 0 amide bonds. The van der Waals surface area contributed by atoms with Crippen LogP contribution in [0, 0.1) is 0 Å². The minimum Gasteiger partial charge on any atom is -0.456 e. The fraction of sp³-hybridized carbons (Fsp3) is 0. The molecule has 0 fully saturated rings. The molecule has 8 aromatic carbocycles. The maximum absolute atomic E-state index is 6.26. The van der Waals surface area contributed by atoms with Crippen LogP contribution in [0.2, 0.25) is 0 Å². The van der Waals surface area contributed by atoms with Crippen LogP contribution in [0.5, 0.6) is 0 Å². The molecule has 0 atom stereocenters. The van der Waals surface area contributed by atoms with Gasteiger partial charge in [0, 0.05) is 45.2 Å². The van der Waals surface area contributed by atoms with Crippen molar-refractivity contribution in [3.05, 3.63) is 170 Å². The van der Waals surface area contributed by atoms with E-state index in [4.69, 9.17) is 19.4 Å². The Kier molecular flexibility index (Phi) is 6.48. The number of benzene rings is 8. The number of furan rings is 1. The summed E-state index contributed by atoms with van der Waals surface area (Å²) in [6.45, 7) is 0. The van der Waals surface area contributed by atoms with Crippen LogP contribution >= 0.6 is 0 Å². The SMILES string of the molecule is c1ccc2cc(-c3nc(-c4ccc(-c5cc6ccncc6c6ccc7ccccc7c56)cc4)nc(-c4cccc5oc6ccccc6c45)n3)ccc2c1. The van der Waals surface area contributed by atoms with Gasteiger partial charge in [-0.25, -0.2) is 15.0 Å². The lowest BCUT2D eigenvalue weighted by Gasteiger charge is -2.14. The van der Waals surface area contributed by atoms with E-state index in [1.807, 2.05) is 42.7 Å². The highest BCUT2D eigenvalue weighted by atomic mass is 16.3. The summed E-state index contributed by atoms with van der Waals surface area (Å²) in [5.41, 5.74) is 6.66. The van der Waals surface area contributed by atoms with Crippen molar-refractivity contribution in [2.45, 2.75) is 0 Å². The van der Waals surface area contributed by atoms with Gasteiger partial charge >= 0.3 is 0 Å². The molecule has 0 radical (unpaired) electrons. The predicted octanol–water partition coefficient (Wildman–Crippen LogP) is 12.4. The maximum atomic E-state index is 6.26. The van der Waals surface area contributed by atoms with Crippen LogP contribution in [-0.4, -0.2) is 19.9 Å². The van der Waals surface area contributed by atoms with E-state index in [1.54, 1.807) is 0 Å². The second kappa shape index (κ2) is 11.7. The first-order valence-corrected chi connectivity index (χ1v) is 17.7. The fourth-order valence-corrected chi connectivity index (χ4v) is 7.84. The van der Waals surface area contributed by atoms with Gasteiger partial charge < -0.3 is 4.42 Å². The average molecular weight is 677 g/mol. The lowest BCUT2D eigenvalue weighted by molar-refractivity contribution is 0.669. The first kappa shape index (κ1) is 29.5. The molecule has 3 aromatic heterocycles. The van der Waals surface area contributed by atoms with Gasteiger partial charge in [-0.1, -0.05) is 127 Å². The molecule has 0 aliphatic rings. The van der Waals surface area contributed by atoms with Crippen molar-refractivity contribution in [1.82, 2.24) is 19.9 Å². The second-order valence-corrected chi connectivity index (χ2v) is 13.5. The van der Waals surface area contributed by atoms with Crippen molar-refractivity contribution in [3.8, 4) is 45.3 Å². The highest BCUT2D eigenvalue weighted by Crippen LogP contribution is 2.40. The summed E-state index contributed by atoms with van der Waals surface area (Å²) in [6, 6.07) is 54.9. The Morgan fingerprint density at radius 2 is 1.04 bits per heavy atom. The Morgan fingerprint density at radius 3 is 1.92 bits per heavy atom. The molecule has 5 heteroatoms. The minimum absolute atomic E-state index is 0.597. The lowest BCUT2D eigenvalue weighted by atomic mass is 9.90. The van der Waals surface area contributed by atoms with Gasteiger partial charge in [-0.15, -0.1) is 0 Å². The molecule has 0 saturated heterocycles. The third-order valence-corrected chi connectivity index (χ3v) is 10.4. The van der Waals surface area contributed by atoms with Gasteiger partial charge in [0.25, 0.3) is 0 Å². The van der Waals surface area contributed by atoms with Gasteiger partial charge in [0.15, 0.2) is 17.5 Å². The normalized spacial score (nSPS) is 11.8. The molecule has 246 valence electrons. The quantitative estimate of drug-likeness (QED) is 0.174. The Labute approximate surface area is 303 Å². The van der Waals surface area contributed by atoms with Crippen LogP contribution in [0.1, 0.15) is 0 Å². The van der Waals surface area contributed by atoms with E-state index in [0.29, 0.717) is 17.5 Å². The summed E-state index contributed by atoms with van der Waals surface area (Å²) >= 11 is 0. The topological polar surface area (TPSA) is 64.7 Å². The van der Waals surface area contributed by atoms with Crippen molar-refractivity contribution >= 4 is 65.0 Å². The van der Waals surface area contributed by atoms with E-state index in [0.717, 1.165) is 60.4 Å². The average Bonchev–Trinajstić information content (AvgIpc) is 3.62. The van der Waals surface area contributed by atoms with Crippen molar-refractivity contribution in [2.24, 2.45) is 0 Å². The van der Waals surface area contributed by atoms with Gasteiger partial charge in [-0.3, -0.25) is 4.98 Å². The zero-order valence-corrected chi connectivity index (χ0v) is 28.4. The lowest BCUT2D eigenvalue weighted by Crippen LogP contribution is -2.00. The van der Waals surface area contributed by atoms with Gasteiger partial charge in [-0.05, 0) is 79.2 Å². The van der Waals surface area contributed by atoms with Crippen molar-refractivity contribution in [2.75, 3.05) is 0 Å². The number of aromatic nitrogens is 4. The van der Waals surface area contributed by atoms with Crippen molar-refractivity contribution < 1.29 is 4.42 Å². The number of hydrogen-bond donors (Lipinski definition) is 0. The molecule has 0 aliphatic heterocycles. The molecule has 0 saturated carbocycles. The summed E-state index contributed by atoms with van der Waals surface area (Å²) in [4.78, 5) is 19.9. The number of nitrogens with zero attached hydrogens (tertiary/aromatic N) is 4. The van der Waals surface area contributed by atoms with Gasteiger partial charge in [0.05, 0.1) is 0 Å². The van der Waals surface area contributed by atoms with Crippen LogP contribution in [0.4, 0.5) is 0 Å². The fourth-order valence-electron chi connectivity index (χ4n) is 7.84. The summed E-state index contributed by atoms with van der Waals surface area (Å²) in [5.74, 6) is 1.82. The zero-order chi connectivity index (χ0) is 34.9. The van der Waals surface area contributed by atoms with Crippen molar-refractivity contribution in [3.63, 3.8) is 0 Å². The third kappa shape index (κ3) is 4.79. The number of para-hydroxylation sites is 1. The molecular weight excluding hydrogens is 649 g/mol. The molecule has 5 nitrogen and oxygen atoms in total. The summed E-state index contributed by atoms with van der Waals surface area (Å²) in [6.07, 6.45) is 3.83. The number of pyridine rings is 1. The summed E-state index contributed by atoms with van der Waals surface area (Å²) < 4.78 is 6.26. The Hall–Kier alpha value is -7.24. The molecular formula is C48H28N4O. The molecule has 0 N–H and O–H groups in total. The molecule has 11 aromatic rings. The Morgan fingerprint density at radius 1 is 0.358 bits per heavy atom. The summed E-state index contributed by atoms with van der Waals surface area (Å²) in [5, 5.41) is 11.5. The molecule has 0 spiro atoms. The molecule has 0 aliphatic carbocycles. The first-order chi connectivity index (χ1) is 26.2. The van der Waals surface area contributed by atoms with E-state index in [9.17, 15) is 0 Å². The van der Waals surface area contributed by atoms with Gasteiger partial charge in [-0.2, -0.15) is 0 Å². The monoisotopic (exact) mass is 676 g/mol. The van der Waals surface area contributed by atoms with E-state index >= 15 is 0 Å². The number of rotatable bonds is 4. The molecule has 53 heavy (non-hydrogen) atoms. The number of hydrogen-bond acceptors (Lipinski definition) is 5. The van der Waals surface area contributed by atoms with Gasteiger partial charge in [0.2, 0.25) is 0 Å².